The average molecular weight is 258 g/mol. The van der Waals surface area contributed by atoms with Crippen LogP contribution in [-0.4, -0.2) is 32.4 Å². The summed E-state index contributed by atoms with van der Waals surface area (Å²) in [5, 5.41) is 10.2. The van der Waals surface area contributed by atoms with E-state index in [2.05, 4.69) is 25.3 Å². The van der Waals surface area contributed by atoms with Gasteiger partial charge in [0.2, 0.25) is 5.82 Å². The number of rotatable bonds is 3. The molecule has 2 aromatic heterocycles. The third-order valence-electron chi connectivity index (χ3n) is 2.51. The lowest BCUT2D eigenvalue weighted by Crippen LogP contribution is -1.91. The Bertz CT molecular complexity index is 691. The summed E-state index contributed by atoms with van der Waals surface area (Å²) in [4.78, 5) is 8.18. The number of H-pyrrole nitrogens is 1. The Morgan fingerprint density at radius 3 is 3.00 bits per heavy atom. The molecule has 3 N–H and O–H groups in total. The summed E-state index contributed by atoms with van der Waals surface area (Å²) in [5.74, 6) is 1.65. The second kappa shape index (κ2) is 4.41. The SMILES string of the molecule is COc1cc(N)ccc1-c1nc(-c2ncn[nH]2)no1. The van der Waals surface area contributed by atoms with Crippen molar-refractivity contribution >= 4 is 5.69 Å². The minimum Gasteiger partial charge on any atom is -0.496 e. The summed E-state index contributed by atoms with van der Waals surface area (Å²) in [6.45, 7) is 0. The highest BCUT2D eigenvalue weighted by Gasteiger charge is 2.16. The number of nitrogens with zero attached hydrogens (tertiary/aromatic N) is 4. The fourth-order valence-electron chi connectivity index (χ4n) is 1.63. The molecule has 19 heavy (non-hydrogen) atoms. The number of benzene rings is 1. The lowest BCUT2D eigenvalue weighted by Gasteiger charge is -2.05. The first kappa shape index (κ1) is 11.2. The van der Waals surface area contributed by atoms with Crippen LogP contribution in [0.15, 0.2) is 29.0 Å². The Kier molecular flexibility index (Phi) is 2.60. The Balaban J connectivity index is 2.03. The molecule has 8 heteroatoms. The number of nitrogen functional groups attached to an aromatic ring is 1. The van der Waals surface area contributed by atoms with Gasteiger partial charge in [-0.15, -0.1) is 0 Å². The van der Waals surface area contributed by atoms with Crippen molar-refractivity contribution in [2.45, 2.75) is 0 Å². The number of aromatic amines is 1. The van der Waals surface area contributed by atoms with Crippen LogP contribution < -0.4 is 10.5 Å². The van der Waals surface area contributed by atoms with Gasteiger partial charge in [-0.05, 0) is 12.1 Å². The van der Waals surface area contributed by atoms with Gasteiger partial charge in [-0.2, -0.15) is 10.1 Å². The Labute approximate surface area is 107 Å². The summed E-state index contributed by atoms with van der Waals surface area (Å²) < 4.78 is 10.4. The molecule has 0 aliphatic heterocycles. The van der Waals surface area contributed by atoms with Crippen LogP contribution in [0.4, 0.5) is 5.69 Å². The molecule has 0 aliphatic carbocycles. The highest BCUT2D eigenvalue weighted by molar-refractivity contribution is 5.67. The van der Waals surface area contributed by atoms with Gasteiger partial charge in [-0.25, -0.2) is 4.98 Å². The van der Waals surface area contributed by atoms with Gasteiger partial charge in [0.1, 0.15) is 12.1 Å². The third kappa shape index (κ3) is 1.99. The van der Waals surface area contributed by atoms with Gasteiger partial charge in [0, 0.05) is 11.8 Å². The molecule has 3 rings (SSSR count). The number of aromatic nitrogens is 5. The Morgan fingerprint density at radius 1 is 1.37 bits per heavy atom. The standard InChI is InChI=1S/C11H10N6O2/c1-18-8-4-6(12)2-3-7(8)11-15-10(17-19-11)9-13-5-14-16-9/h2-5H,12H2,1H3,(H,13,14,16). The Hall–Kier alpha value is -2.90. The molecule has 0 aliphatic rings. The van der Waals surface area contributed by atoms with E-state index in [0.29, 0.717) is 34.5 Å². The van der Waals surface area contributed by atoms with Gasteiger partial charge in [-0.3, -0.25) is 5.10 Å². The topological polar surface area (TPSA) is 116 Å². The van der Waals surface area contributed by atoms with E-state index in [1.807, 2.05) is 0 Å². The summed E-state index contributed by atoms with van der Waals surface area (Å²) in [7, 11) is 1.55. The molecule has 0 spiro atoms. The van der Waals surface area contributed by atoms with Gasteiger partial charge in [0.15, 0.2) is 5.82 Å². The van der Waals surface area contributed by atoms with Crippen LogP contribution >= 0.6 is 0 Å². The van der Waals surface area contributed by atoms with Crippen molar-refractivity contribution in [2.75, 3.05) is 12.8 Å². The maximum atomic E-state index is 5.69. The zero-order valence-electron chi connectivity index (χ0n) is 9.99. The molecular formula is C11H10N6O2. The largest absolute Gasteiger partial charge is 0.496 e. The smallest absolute Gasteiger partial charge is 0.262 e. The molecule has 0 bridgehead atoms. The van der Waals surface area contributed by atoms with Crippen LogP contribution in [0.2, 0.25) is 0 Å². The predicted molar refractivity (Wildman–Crippen MR) is 66.1 cm³/mol. The monoisotopic (exact) mass is 258 g/mol. The van der Waals surface area contributed by atoms with Crippen molar-refractivity contribution in [3.8, 4) is 28.9 Å². The van der Waals surface area contributed by atoms with E-state index in [-0.39, 0.29) is 0 Å². The molecule has 1 aromatic carbocycles. The van der Waals surface area contributed by atoms with Gasteiger partial charge in [0.05, 0.1) is 12.7 Å². The number of nitrogens with one attached hydrogen (secondary N) is 1. The molecule has 8 nitrogen and oxygen atoms in total. The molecule has 0 atom stereocenters. The number of ether oxygens (including phenoxy) is 1. The van der Waals surface area contributed by atoms with Gasteiger partial charge in [0.25, 0.3) is 5.89 Å². The van der Waals surface area contributed by atoms with Crippen LogP contribution in [0.25, 0.3) is 23.1 Å². The number of methoxy groups -OCH3 is 1. The van der Waals surface area contributed by atoms with E-state index < -0.39 is 0 Å². The zero-order valence-corrected chi connectivity index (χ0v) is 9.99. The lowest BCUT2D eigenvalue weighted by atomic mass is 10.2. The maximum Gasteiger partial charge on any atom is 0.262 e. The first-order chi connectivity index (χ1) is 9.28. The summed E-state index contributed by atoms with van der Waals surface area (Å²) in [5.41, 5.74) is 6.95. The molecule has 0 unspecified atom stereocenters. The number of hydrogen-bond acceptors (Lipinski definition) is 7. The van der Waals surface area contributed by atoms with Crippen LogP contribution in [-0.2, 0) is 0 Å². The average Bonchev–Trinajstić information content (AvgIpc) is 3.09. The van der Waals surface area contributed by atoms with Crippen LogP contribution in [0, 0.1) is 0 Å². The van der Waals surface area contributed by atoms with E-state index in [1.165, 1.54) is 6.33 Å². The fourth-order valence-corrected chi connectivity index (χ4v) is 1.63. The van der Waals surface area contributed by atoms with E-state index in [1.54, 1.807) is 25.3 Å². The first-order valence-corrected chi connectivity index (χ1v) is 5.41. The molecule has 0 amide bonds. The summed E-state index contributed by atoms with van der Waals surface area (Å²) in [6, 6.07) is 5.18. The van der Waals surface area contributed by atoms with E-state index in [4.69, 9.17) is 15.0 Å². The molecular weight excluding hydrogens is 248 g/mol. The quantitative estimate of drug-likeness (QED) is 0.676. The summed E-state index contributed by atoms with van der Waals surface area (Å²) >= 11 is 0. The van der Waals surface area contributed by atoms with Gasteiger partial charge in [-0.1, -0.05) is 5.16 Å². The van der Waals surface area contributed by atoms with Crippen LogP contribution in [0.3, 0.4) is 0 Å². The van der Waals surface area contributed by atoms with Crippen molar-refractivity contribution in [1.82, 2.24) is 25.3 Å². The maximum absolute atomic E-state index is 5.69. The van der Waals surface area contributed by atoms with Crippen LogP contribution in [0.1, 0.15) is 0 Å². The minimum absolute atomic E-state index is 0.322. The molecule has 96 valence electrons. The van der Waals surface area contributed by atoms with Crippen molar-refractivity contribution in [2.24, 2.45) is 0 Å². The normalized spacial score (nSPS) is 10.6. The summed E-state index contributed by atoms with van der Waals surface area (Å²) in [6.07, 6.45) is 1.37. The van der Waals surface area contributed by atoms with E-state index in [0.717, 1.165) is 0 Å². The number of anilines is 1. The second-order valence-electron chi connectivity index (χ2n) is 3.72. The second-order valence-corrected chi connectivity index (χ2v) is 3.72. The van der Waals surface area contributed by atoms with E-state index >= 15 is 0 Å². The van der Waals surface area contributed by atoms with Crippen LogP contribution in [0.5, 0.6) is 5.75 Å². The van der Waals surface area contributed by atoms with Crippen molar-refractivity contribution in [3.63, 3.8) is 0 Å². The van der Waals surface area contributed by atoms with Crippen molar-refractivity contribution in [3.05, 3.63) is 24.5 Å². The predicted octanol–water partition coefficient (Wildman–Crippen LogP) is 1.11. The Morgan fingerprint density at radius 2 is 2.26 bits per heavy atom. The highest BCUT2D eigenvalue weighted by Crippen LogP contribution is 2.31. The molecule has 0 saturated heterocycles. The highest BCUT2D eigenvalue weighted by atomic mass is 16.5. The zero-order chi connectivity index (χ0) is 13.2. The lowest BCUT2D eigenvalue weighted by molar-refractivity contribution is 0.405. The molecule has 2 heterocycles. The van der Waals surface area contributed by atoms with Crippen molar-refractivity contribution in [1.29, 1.82) is 0 Å². The fraction of sp³-hybridized carbons (Fsp3) is 0.0909. The van der Waals surface area contributed by atoms with Crippen molar-refractivity contribution < 1.29 is 9.26 Å². The molecule has 0 radical (unpaired) electrons. The molecule has 3 aromatic rings. The first-order valence-electron chi connectivity index (χ1n) is 5.41. The molecule has 0 fully saturated rings. The van der Waals surface area contributed by atoms with Gasteiger partial charge >= 0.3 is 0 Å². The third-order valence-corrected chi connectivity index (χ3v) is 2.51. The molecule has 0 saturated carbocycles. The van der Waals surface area contributed by atoms with Gasteiger partial charge < -0.3 is 15.0 Å². The number of hydrogen-bond donors (Lipinski definition) is 2. The minimum atomic E-state index is 0.322. The number of nitrogens with two attached hydrogens (primary N) is 1. The van der Waals surface area contributed by atoms with E-state index in [9.17, 15) is 0 Å².